The molecule has 0 aromatic rings. The van der Waals surface area contributed by atoms with Gasteiger partial charge in [0.25, 0.3) is 0 Å². The molecular formula is C12H20O4. The van der Waals surface area contributed by atoms with Crippen molar-refractivity contribution in [2.45, 2.75) is 38.4 Å². The Labute approximate surface area is 96.6 Å². The van der Waals surface area contributed by atoms with Gasteiger partial charge in [0.1, 0.15) is 0 Å². The molecule has 1 heterocycles. The fraction of sp³-hybridized carbons (Fsp3) is 0.750. The van der Waals surface area contributed by atoms with Crippen molar-refractivity contribution in [2.24, 2.45) is 0 Å². The van der Waals surface area contributed by atoms with Crippen molar-refractivity contribution in [1.29, 1.82) is 0 Å². The second kappa shape index (κ2) is 6.66. The van der Waals surface area contributed by atoms with Gasteiger partial charge < -0.3 is 14.2 Å². The number of hydrogen-bond donors (Lipinski definition) is 0. The number of carbonyl (C=O) groups is 1. The minimum atomic E-state index is -0.705. The molecule has 0 aromatic heterocycles. The van der Waals surface area contributed by atoms with Gasteiger partial charge >= 0.3 is 5.97 Å². The first-order valence-corrected chi connectivity index (χ1v) is 5.77. The summed E-state index contributed by atoms with van der Waals surface area (Å²) in [5.41, 5.74) is 0. The lowest BCUT2D eigenvalue weighted by atomic mass is 10.1. The third-order valence-electron chi connectivity index (χ3n) is 2.58. The van der Waals surface area contributed by atoms with Crippen LogP contribution in [0.5, 0.6) is 0 Å². The van der Waals surface area contributed by atoms with Gasteiger partial charge in [0, 0.05) is 12.5 Å². The number of methoxy groups -OCH3 is 1. The largest absolute Gasteiger partial charge is 0.466 e. The molecule has 16 heavy (non-hydrogen) atoms. The molecule has 1 rings (SSSR count). The van der Waals surface area contributed by atoms with Crippen molar-refractivity contribution in [2.75, 3.05) is 20.3 Å². The minimum Gasteiger partial charge on any atom is -0.466 e. The summed E-state index contributed by atoms with van der Waals surface area (Å²) < 4.78 is 15.7. The second-order valence-corrected chi connectivity index (χ2v) is 3.82. The molecule has 0 saturated carbocycles. The molecule has 0 amide bonds. The molecule has 1 aliphatic rings. The van der Waals surface area contributed by atoms with E-state index in [9.17, 15) is 4.79 Å². The number of carbonyl (C=O) groups excluding carboxylic acids is 1. The van der Waals surface area contributed by atoms with Crippen LogP contribution >= 0.6 is 0 Å². The fourth-order valence-corrected chi connectivity index (χ4v) is 1.68. The van der Waals surface area contributed by atoms with E-state index in [0.29, 0.717) is 13.2 Å². The van der Waals surface area contributed by atoms with E-state index in [1.54, 1.807) is 6.08 Å². The molecular weight excluding hydrogens is 208 g/mol. The number of unbranched alkanes of at least 4 members (excludes halogenated alkanes) is 2. The van der Waals surface area contributed by atoms with Crippen LogP contribution in [0.2, 0.25) is 0 Å². The highest BCUT2D eigenvalue weighted by Crippen LogP contribution is 2.27. The molecule has 0 spiro atoms. The van der Waals surface area contributed by atoms with Crippen molar-refractivity contribution in [3.05, 3.63) is 12.2 Å². The Morgan fingerprint density at radius 2 is 2.06 bits per heavy atom. The third-order valence-corrected chi connectivity index (χ3v) is 2.58. The molecule has 0 unspecified atom stereocenters. The normalized spacial score (nSPS) is 19.1. The van der Waals surface area contributed by atoms with E-state index in [-0.39, 0.29) is 5.97 Å². The first-order valence-electron chi connectivity index (χ1n) is 5.77. The average Bonchev–Trinajstić information content (AvgIpc) is 2.76. The van der Waals surface area contributed by atoms with Crippen LogP contribution in [-0.4, -0.2) is 32.1 Å². The second-order valence-electron chi connectivity index (χ2n) is 3.82. The van der Waals surface area contributed by atoms with E-state index in [4.69, 9.17) is 9.47 Å². The number of rotatable bonds is 6. The SMILES string of the molecule is CCCCCC1(C=CC(=O)OC)OCCO1. The van der Waals surface area contributed by atoms with E-state index < -0.39 is 5.79 Å². The van der Waals surface area contributed by atoms with E-state index >= 15 is 0 Å². The summed E-state index contributed by atoms with van der Waals surface area (Å²) in [6, 6.07) is 0. The van der Waals surface area contributed by atoms with Crippen LogP contribution in [0.4, 0.5) is 0 Å². The van der Waals surface area contributed by atoms with Crippen LogP contribution in [0.3, 0.4) is 0 Å². The fourth-order valence-electron chi connectivity index (χ4n) is 1.68. The quantitative estimate of drug-likeness (QED) is 0.396. The molecule has 0 aromatic carbocycles. The molecule has 0 aliphatic carbocycles. The highest BCUT2D eigenvalue weighted by Gasteiger charge is 2.33. The first-order chi connectivity index (χ1) is 7.72. The van der Waals surface area contributed by atoms with Crippen molar-refractivity contribution in [3.63, 3.8) is 0 Å². The zero-order valence-corrected chi connectivity index (χ0v) is 10.0. The van der Waals surface area contributed by atoms with Crippen LogP contribution < -0.4 is 0 Å². The maximum atomic E-state index is 11.0. The summed E-state index contributed by atoms with van der Waals surface area (Å²) in [6.45, 7) is 3.31. The zero-order valence-electron chi connectivity index (χ0n) is 10.0. The minimum absolute atomic E-state index is 0.381. The highest BCUT2D eigenvalue weighted by molar-refractivity contribution is 5.81. The van der Waals surface area contributed by atoms with Crippen molar-refractivity contribution >= 4 is 5.97 Å². The molecule has 92 valence electrons. The standard InChI is InChI=1S/C12H20O4/c1-3-4-5-7-12(15-9-10-16-12)8-6-11(13)14-2/h6,8H,3-5,7,9-10H2,1-2H3. The Balaban J connectivity index is 2.51. The maximum absolute atomic E-state index is 11.0. The van der Waals surface area contributed by atoms with Gasteiger partial charge in [0.05, 0.1) is 20.3 Å². The van der Waals surface area contributed by atoms with Crippen molar-refractivity contribution in [3.8, 4) is 0 Å². The summed E-state index contributed by atoms with van der Waals surface area (Å²) in [5, 5.41) is 0. The number of hydrogen-bond acceptors (Lipinski definition) is 4. The van der Waals surface area contributed by atoms with Crippen molar-refractivity contribution < 1.29 is 19.0 Å². The van der Waals surface area contributed by atoms with Gasteiger partial charge in [-0.2, -0.15) is 0 Å². The Kier molecular flexibility index (Phi) is 5.49. The van der Waals surface area contributed by atoms with Gasteiger partial charge in [-0.3, -0.25) is 0 Å². The zero-order chi connectivity index (χ0) is 11.9. The van der Waals surface area contributed by atoms with Gasteiger partial charge in [0.2, 0.25) is 0 Å². The van der Waals surface area contributed by atoms with E-state index in [1.165, 1.54) is 13.2 Å². The predicted molar refractivity (Wildman–Crippen MR) is 59.9 cm³/mol. The Morgan fingerprint density at radius 3 is 2.62 bits per heavy atom. The molecule has 0 N–H and O–H groups in total. The number of esters is 1. The topological polar surface area (TPSA) is 44.8 Å². The van der Waals surface area contributed by atoms with Gasteiger partial charge in [-0.25, -0.2) is 4.79 Å². The smallest absolute Gasteiger partial charge is 0.330 e. The van der Waals surface area contributed by atoms with Crippen LogP contribution in [0.15, 0.2) is 12.2 Å². The third kappa shape index (κ3) is 3.94. The lowest BCUT2D eigenvalue weighted by Gasteiger charge is -2.23. The maximum Gasteiger partial charge on any atom is 0.330 e. The van der Waals surface area contributed by atoms with Gasteiger partial charge in [-0.1, -0.05) is 19.8 Å². The van der Waals surface area contributed by atoms with Gasteiger partial charge in [-0.05, 0) is 12.5 Å². The average molecular weight is 228 g/mol. The lowest BCUT2D eigenvalue weighted by molar-refractivity contribution is -0.137. The Bertz CT molecular complexity index is 241. The molecule has 4 heteroatoms. The molecule has 1 saturated heterocycles. The van der Waals surface area contributed by atoms with Crippen LogP contribution in [0.1, 0.15) is 32.6 Å². The van der Waals surface area contributed by atoms with Crippen LogP contribution in [0.25, 0.3) is 0 Å². The monoisotopic (exact) mass is 228 g/mol. The molecule has 0 radical (unpaired) electrons. The van der Waals surface area contributed by atoms with Gasteiger partial charge in [0.15, 0.2) is 5.79 Å². The Morgan fingerprint density at radius 1 is 1.38 bits per heavy atom. The highest BCUT2D eigenvalue weighted by atomic mass is 16.7. The summed E-state index contributed by atoms with van der Waals surface area (Å²) in [4.78, 5) is 11.0. The van der Waals surface area contributed by atoms with Gasteiger partial charge in [-0.15, -0.1) is 0 Å². The van der Waals surface area contributed by atoms with Crippen molar-refractivity contribution in [1.82, 2.24) is 0 Å². The molecule has 1 fully saturated rings. The van der Waals surface area contributed by atoms with E-state index in [1.807, 2.05) is 0 Å². The molecule has 0 bridgehead atoms. The summed E-state index contributed by atoms with van der Waals surface area (Å²) in [5.74, 6) is -1.09. The lowest BCUT2D eigenvalue weighted by Crippen LogP contribution is -2.27. The molecule has 1 aliphatic heterocycles. The molecule has 4 nitrogen and oxygen atoms in total. The Hall–Kier alpha value is -0.870. The first kappa shape index (κ1) is 13.2. The van der Waals surface area contributed by atoms with E-state index in [2.05, 4.69) is 11.7 Å². The van der Waals surface area contributed by atoms with E-state index in [0.717, 1.165) is 25.7 Å². The van der Waals surface area contributed by atoms with Crippen LogP contribution in [-0.2, 0) is 19.0 Å². The van der Waals surface area contributed by atoms with Crippen LogP contribution in [0, 0.1) is 0 Å². The number of ether oxygens (including phenoxy) is 3. The predicted octanol–water partition coefficient (Wildman–Crippen LogP) is 2.04. The summed E-state index contributed by atoms with van der Waals surface area (Å²) >= 11 is 0. The molecule has 0 atom stereocenters. The summed E-state index contributed by atoms with van der Waals surface area (Å²) in [7, 11) is 1.35. The summed E-state index contributed by atoms with van der Waals surface area (Å²) in [6.07, 6.45) is 7.15.